The van der Waals surface area contributed by atoms with Crippen LogP contribution >= 0.6 is 15.9 Å². The van der Waals surface area contributed by atoms with E-state index in [1.54, 1.807) is 0 Å². The van der Waals surface area contributed by atoms with Crippen molar-refractivity contribution in [1.29, 1.82) is 0 Å². The maximum Gasteiger partial charge on any atom is 0.393 e. The summed E-state index contributed by atoms with van der Waals surface area (Å²) in [7, 11) is 0. The highest BCUT2D eigenvalue weighted by molar-refractivity contribution is 9.10. The maximum atomic E-state index is 13.1. The highest BCUT2D eigenvalue weighted by Crippen LogP contribution is 2.35. The molecule has 0 saturated carbocycles. The number of hydrogen-bond donors (Lipinski definition) is 0. The summed E-state index contributed by atoms with van der Waals surface area (Å²) in [6.07, 6.45) is -3.34. The third kappa shape index (κ3) is 5.48. The van der Waals surface area contributed by atoms with Gasteiger partial charge in [0.25, 0.3) is 0 Å². The Morgan fingerprint density at radius 2 is 1.93 bits per heavy atom. The standard InChI is InChI=1S/C21H23BrF3NO/c1-15-10-19(22)11-17(20(15)27-14-16-6-3-2-4-7-16)12-26-9-5-8-18(13-26)21(23,24)25/h2-4,6-7,10-11,18H,5,8-9,12-14H2,1H3. The van der Waals surface area contributed by atoms with Gasteiger partial charge in [-0.2, -0.15) is 13.2 Å². The summed E-state index contributed by atoms with van der Waals surface area (Å²) in [4.78, 5) is 1.89. The molecular weight excluding hydrogens is 419 g/mol. The van der Waals surface area contributed by atoms with Gasteiger partial charge in [-0.15, -0.1) is 0 Å². The molecule has 1 aliphatic heterocycles. The normalized spacial score (nSPS) is 18.5. The van der Waals surface area contributed by atoms with Crippen LogP contribution in [0.4, 0.5) is 13.2 Å². The molecule has 1 saturated heterocycles. The fraction of sp³-hybridized carbons (Fsp3) is 0.429. The average Bonchev–Trinajstić information content (AvgIpc) is 2.61. The lowest BCUT2D eigenvalue weighted by Gasteiger charge is -2.34. The van der Waals surface area contributed by atoms with Crippen molar-refractivity contribution in [2.45, 2.75) is 39.1 Å². The van der Waals surface area contributed by atoms with Crippen LogP contribution in [0, 0.1) is 12.8 Å². The molecule has 2 aromatic carbocycles. The van der Waals surface area contributed by atoms with Gasteiger partial charge < -0.3 is 4.74 Å². The summed E-state index contributed by atoms with van der Waals surface area (Å²) >= 11 is 3.50. The van der Waals surface area contributed by atoms with Crippen LogP contribution in [0.1, 0.15) is 29.5 Å². The van der Waals surface area contributed by atoms with Crippen molar-refractivity contribution in [3.05, 3.63) is 63.6 Å². The summed E-state index contributed by atoms with van der Waals surface area (Å²) in [5, 5.41) is 0. The van der Waals surface area contributed by atoms with Crippen LogP contribution in [0.25, 0.3) is 0 Å². The van der Waals surface area contributed by atoms with Crippen LogP contribution in [0.5, 0.6) is 5.75 Å². The van der Waals surface area contributed by atoms with Crippen LogP contribution < -0.4 is 4.74 Å². The van der Waals surface area contributed by atoms with Gasteiger partial charge in [0.05, 0.1) is 5.92 Å². The Morgan fingerprint density at radius 1 is 1.19 bits per heavy atom. The van der Waals surface area contributed by atoms with Crippen molar-refractivity contribution in [3.8, 4) is 5.75 Å². The van der Waals surface area contributed by atoms with Gasteiger partial charge in [0.15, 0.2) is 0 Å². The molecule has 1 atom stereocenters. The van der Waals surface area contributed by atoms with Gasteiger partial charge in [0.2, 0.25) is 0 Å². The first-order valence-electron chi connectivity index (χ1n) is 9.08. The van der Waals surface area contributed by atoms with Crippen molar-refractivity contribution in [1.82, 2.24) is 4.90 Å². The predicted octanol–water partition coefficient (Wildman–Crippen LogP) is 6.11. The lowest BCUT2D eigenvalue weighted by atomic mass is 9.97. The van der Waals surface area contributed by atoms with E-state index in [0.717, 1.165) is 26.9 Å². The molecular formula is C21H23BrF3NO. The molecule has 0 spiro atoms. The van der Waals surface area contributed by atoms with Gasteiger partial charge in [-0.05, 0) is 49.6 Å². The number of ether oxygens (including phenoxy) is 1. The van der Waals surface area contributed by atoms with E-state index in [9.17, 15) is 13.2 Å². The van der Waals surface area contributed by atoms with Crippen molar-refractivity contribution in [3.63, 3.8) is 0 Å². The molecule has 1 aliphatic rings. The molecule has 2 nitrogen and oxygen atoms in total. The van der Waals surface area contributed by atoms with Gasteiger partial charge in [-0.25, -0.2) is 0 Å². The molecule has 27 heavy (non-hydrogen) atoms. The second kappa shape index (κ2) is 8.65. The number of rotatable bonds is 5. The summed E-state index contributed by atoms with van der Waals surface area (Å²) in [5.74, 6) is -0.482. The molecule has 0 radical (unpaired) electrons. The third-order valence-electron chi connectivity index (χ3n) is 4.90. The number of hydrogen-bond acceptors (Lipinski definition) is 2. The van der Waals surface area contributed by atoms with E-state index in [1.165, 1.54) is 0 Å². The first-order chi connectivity index (χ1) is 12.8. The number of alkyl halides is 3. The second-order valence-corrected chi connectivity index (χ2v) is 8.02. The van der Waals surface area contributed by atoms with Crippen LogP contribution in [0.15, 0.2) is 46.9 Å². The lowest BCUT2D eigenvalue weighted by Crippen LogP contribution is -2.41. The molecule has 1 fully saturated rings. The van der Waals surface area contributed by atoms with Gasteiger partial charge in [0.1, 0.15) is 12.4 Å². The zero-order valence-electron chi connectivity index (χ0n) is 15.2. The Kier molecular flexibility index (Phi) is 6.48. The smallest absolute Gasteiger partial charge is 0.393 e. The molecule has 6 heteroatoms. The van der Waals surface area contributed by atoms with E-state index in [2.05, 4.69) is 15.9 Å². The molecule has 0 bridgehead atoms. The summed E-state index contributed by atoms with van der Waals surface area (Å²) < 4.78 is 46.3. The second-order valence-electron chi connectivity index (χ2n) is 7.10. The number of piperidine rings is 1. The third-order valence-corrected chi connectivity index (χ3v) is 5.36. The summed E-state index contributed by atoms with van der Waals surface area (Å²) in [5.41, 5.74) is 2.95. The molecule has 146 valence electrons. The molecule has 2 aromatic rings. The topological polar surface area (TPSA) is 12.5 Å². The highest BCUT2D eigenvalue weighted by atomic mass is 79.9. The van der Waals surface area contributed by atoms with Gasteiger partial charge in [0, 0.05) is 23.1 Å². The molecule has 0 amide bonds. The fourth-order valence-corrected chi connectivity index (χ4v) is 4.18. The molecule has 0 N–H and O–H groups in total. The zero-order valence-corrected chi connectivity index (χ0v) is 16.8. The first-order valence-corrected chi connectivity index (χ1v) is 9.87. The Hall–Kier alpha value is -1.53. The van der Waals surface area contributed by atoms with Crippen molar-refractivity contribution >= 4 is 15.9 Å². The van der Waals surface area contributed by atoms with E-state index in [4.69, 9.17) is 4.74 Å². The number of nitrogens with zero attached hydrogens (tertiary/aromatic N) is 1. The van der Waals surface area contributed by atoms with Crippen molar-refractivity contribution < 1.29 is 17.9 Å². The molecule has 3 rings (SSSR count). The maximum absolute atomic E-state index is 13.1. The SMILES string of the molecule is Cc1cc(Br)cc(CN2CCCC(C(F)(F)F)C2)c1OCc1ccccc1. The lowest BCUT2D eigenvalue weighted by molar-refractivity contribution is -0.187. The Labute approximate surface area is 166 Å². The van der Waals surface area contributed by atoms with Crippen LogP contribution in [-0.2, 0) is 13.2 Å². The summed E-state index contributed by atoms with van der Waals surface area (Å²) in [6, 6.07) is 13.8. The predicted molar refractivity (Wildman–Crippen MR) is 104 cm³/mol. The monoisotopic (exact) mass is 441 g/mol. The van der Waals surface area contributed by atoms with E-state index < -0.39 is 12.1 Å². The van der Waals surface area contributed by atoms with Crippen LogP contribution in [0.2, 0.25) is 0 Å². The van der Waals surface area contributed by atoms with Gasteiger partial charge in [-0.3, -0.25) is 4.90 Å². The quantitative estimate of drug-likeness (QED) is 0.554. The fourth-order valence-electron chi connectivity index (χ4n) is 3.56. The molecule has 0 aliphatic carbocycles. The summed E-state index contributed by atoms with van der Waals surface area (Å²) in [6.45, 7) is 3.57. The van der Waals surface area contributed by atoms with E-state index in [-0.39, 0.29) is 13.0 Å². The Balaban J connectivity index is 1.76. The number of halogens is 4. The minimum Gasteiger partial charge on any atom is -0.488 e. The zero-order chi connectivity index (χ0) is 19.4. The largest absolute Gasteiger partial charge is 0.488 e. The van der Waals surface area contributed by atoms with E-state index >= 15 is 0 Å². The number of benzene rings is 2. The van der Waals surface area contributed by atoms with Gasteiger partial charge >= 0.3 is 6.18 Å². The van der Waals surface area contributed by atoms with E-state index in [1.807, 2.05) is 54.3 Å². The van der Waals surface area contributed by atoms with Crippen molar-refractivity contribution in [2.75, 3.05) is 13.1 Å². The number of aryl methyl sites for hydroxylation is 1. The molecule has 0 aromatic heterocycles. The highest BCUT2D eigenvalue weighted by Gasteiger charge is 2.41. The minimum atomic E-state index is -4.13. The molecule has 1 unspecified atom stereocenters. The van der Waals surface area contributed by atoms with Crippen molar-refractivity contribution in [2.24, 2.45) is 5.92 Å². The Bertz CT molecular complexity index is 764. The minimum absolute atomic E-state index is 0.0488. The first kappa shape index (κ1) is 20.2. The van der Waals surface area contributed by atoms with Crippen LogP contribution in [-0.4, -0.2) is 24.2 Å². The van der Waals surface area contributed by atoms with Gasteiger partial charge in [-0.1, -0.05) is 46.3 Å². The van der Waals surface area contributed by atoms with Crippen LogP contribution in [0.3, 0.4) is 0 Å². The molecule has 1 heterocycles. The average molecular weight is 442 g/mol. The Morgan fingerprint density at radius 3 is 2.63 bits per heavy atom. The number of likely N-dealkylation sites (tertiary alicyclic amines) is 1. The van der Waals surface area contributed by atoms with E-state index in [0.29, 0.717) is 26.1 Å².